The smallest absolute Gasteiger partial charge is 0.279 e. The number of para-hydroxylation sites is 1. The number of carbonyl (C=O) groups excluding carboxylic acids is 2. The van der Waals surface area contributed by atoms with E-state index in [0.29, 0.717) is 17.1 Å². The molecular formula is C19H21FN2O5. The van der Waals surface area contributed by atoms with E-state index in [2.05, 4.69) is 10.9 Å². The van der Waals surface area contributed by atoms with Crippen molar-refractivity contribution >= 4 is 11.8 Å². The van der Waals surface area contributed by atoms with Crippen molar-refractivity contribution in [3.8, 4) is 17.2 Å². The molecule has 2 aromatic rings. The van der Waals surface area contributed by atoms with Crippen molar-refractivity contribution in [1.82, 2.24) is 10.9 Å². The van der Waals surface area contributed by atoms with E-state index in [1.54, 1.807) is 24.3 Å². The molecule has 0 saturated carbocycles. The maximum Gasteiger partial charge on any atom is 0.279 e. The standard InChI is InChI=1S/C19H21FN2O5/c1-12(27-16-7-5-4-6-15(16)20)19(24)22-21-18(23)10-13-8-9-14(25-2)11-17(13)26-3/h4-9,11-12H,10H2,1-3H3,(H,21,23)(H,22,24)/t12-/m0/s1. The number of hydrogen-bond donors (Lipinski definition) is 2. The molecule has 0 unspecified atom stereocenters. The fourth-order valence-electron chi connectivity index (χ4n) is 2.23. The van der Waals surface area contributed by atoms with Gasteiger partial charge < -0.3 is 14.2 Å². The van der Waals surface area contributed by atoms with E-state index in [0.717, 1.165) is 0 Å². The van der Waals surface area contributed by atoms with Crippen molar-refractivity contribution in [2.75, 3.05) is 14.2 Å². The summed E-state index contributed by atoms with van der Waals surface area (Å²) in [5.74, 6) is -0.601. The summed E-state index contributed by atoms with van der Waals surface area (Å²) < 4.78 is 29.1. The third-order valence-electron chi connectivity index (χ3n) is 3.68. The van der Waals surface area contributed by atoms with Crippen LogP contribution < -0.4 is 25.1 Å². The second-order valence-corrected chi connectivity index (χ2v) is 5.58. The van der Waals surface area contributed by atoms with Gasteiger partial charge in [0.1, 0.15) is 11.5 Å². The summed E-state index contributed by atoms with van der Waals surface area (Å²) in [4.78, 5) is 24.1. The van der Waals surface area contributed by atoms with Crippen LogP contribution in [0.5, 0.6) is 17.2 Å². The Balaban J connectivity index is 1.88. The third-order valence-corrected chi connectivity index (χ3v) is 3.68. The minimum atomic E-state index is -1.00. The zero-order valence-corrected chi connectivity index (χ0v) is 15.2. The summed E-state index contributed by atoms with van der Waals surface area (Å²) in [5.41, 5.74) is 5.17. The number of amides is 2. The van der Waals surface area contributed by atoms with Gasteiger partial charge in [0.15, 0.2) is 17.7 Å². The van der Waals surface area contributed by atoms with Gasteiger partial charge in [0.2, 0.25) is 5.91 Å². The van der Waals surface area contributed by atoms with Crippen LogP contribution in [0.1, 0.15) is 12.5 Å². The lowest BCUT2D eigenvalue weighted by atomic mass is 10.1. The summed E-state index contributed by atoms with van der Waals surface area (Å²) in [6.45, 7) is 1.44. The van der Waals surface area contributed by atoms with Crippen LogP contribution in [0, 0.1) is 5.82 Å². The second kappa shape index (κ2) is 9.42. The number of rotatable bonds is 7. The number of methoxy groups -OCH3 is 2. The van der Waals surface area contributed by atoms with Crippen LogP contribution in [0.25, 0.3) is 0 Å². The van der Waals surface area contributed by atoms with Crippen molar-refractivity contribution in [2.24, 2.45) is 0 Å². The van der Waals surface area contributed by atoms with Crippen molar-refractivity contribution in [3.05, 3.63) is 53.8 Å². The minimum absolute atomic E-state index is 0.0179. The fraction of sp³-hybridized carbons (Fsp3) is 0.263. The quantitative estimate of drug-likeness (QED) is 0.722. The van der Waals surface area contributed by atoms with Gasteiger partial charge in [-0.3, -0.25) is 20.4 Å². The molecule has 0 heterocycles. The summed E-state index contributed by atoms with van der Waals surface area (Å²) in [7, 11) is 3.01. The normalized spacial score (nSPS) is 11.3. The van der Waals surface area contributed by atoms with Gasteiger partial charge >= 0.3 is 0 Å². The monoisotopic (exact) mass is 376 g/mol. The Morgan fingerprint density at radius 3 is 2.44 bits per heavy atom. The first kappa shape index (κ1) is 20.0. The molecule has 144 valence electrons. The molecule has 0 radical (unpaired) electrons. The second-order valence-electron chi connectivity index (χ2n) is 5.58. The van der Waals surface area contributed by atoms with Crippen LogP contribution in [0.3, 0.4) is 0 Å². The molecule has 1 atom stereocenters. The largest absolute Gasteiger partial charge is 0.497 e. The van der Waals surface area contributed by atoms with Crippen molar-refractivity contribution in [2.45, 2.75) is 19.4 Å². The molecule has 27 heavy (non-hydrogen) atoms. The molecular weight excluding hydrogens is 355 g/mol. The number of benzene rings is 2. The molecule has 2 aromatic carbocycles. The van der Waals surface area contributed by atoms with Crippen LogP contribution >= 0.6 is 0 Å². The first-order chi connectivity index (χ1) is 12.9. The number of hydrogen-bond acceptors (Lipinski definition) is 5. The lowest BCUT2D eigenvalue weighted by molar-refractivity contribution is -0.132. The highest BCUT2D eigenvalue weighted by molar-refractivity contribution is 5.85. The van der Waals surface area contributed by atoms with E-state index >= 15 is 0 Å². The molecule has 0 fully saturated rings. The van der Waals surface area contributed by atoms with Crippen LogP contribution in [0.2, 0.25) is 0 Å². The highest BCUT2D eigenvalue weighted by Crippen LogP contribution is 2.24. The summed E-state index contributed by atoms with van der Waals surface area (Å²) in [6, 6.07) is 10.8. The molecule has 0 aliphatic heterocycles. The fourth-order valence-corrected chi connectivity index (χ4v) is 2.23. The number of nitrogens with one attached hydrogen (secondary N) is 2. The van der Waals surface area contributed by atoms with Gasteiger partial charge in [-0.2, -0.15) is 0 Å². The van der Waals surface area contributed by atoms with Crippen molar-refractivity contribution in [1.29, 1.82) is 0 Å². The Kier molecular flexibility index (Phi) is 6.99. The molecule has 7 nitrogen and oxygen atoms in total. The van der Waals surface area contributed by atoms with Gasteiger partial charge in [0.25, 0.3) is 5.91 Å². The van der Waals surface area contributed by atoms with Gasteiger partial charge in [0.05, 0.1) is 20.6 Å². The predicted molar refractivity (Wildman–Crippen MR) is 96.0 cm³/mol. The highest BCUT2D eigenvalue weighted by Gasteiger charge is 2.17. The predicted octanol–water partition coefficient (Wildman–Crippen LogP) is 2.00. The maximum absolute atomic E-state index is 13.5. The third kappa shape index (κ3) is 5.60. The minimum Gasteiger partial charge on any atom is -0.497 e. The lowest BCUT2D eigenvalue weighted by Gasteiger charge is -2.16. The Labute approximate surface area is 156 Å². The van der Waals surface area contributed by atoms with Gasteiger partial charge in [-0.05, 0) is 25.1 Å². The number of halogens is 1. The molecule has 0 aliphatic carbocycles. The summed E-state index contributed by atoms with van der Waals surface area (Å²) >= 11 is 0. The first-order valence-corrected chi connectivity index (χ1v) is 8.15. The zero-order chi connectivity index (χ0) is 19.8. The summed E-state index contributed by atoms with van der Waals surface area (Å²) in [6.07, 6.45) is -1.02. The van der Waals surface area contributed by atoms with Crippen LogP contribution in [0.15, 0.2) is 42.5 Å². The van der Waals surface area contributed by atoms with Gasteiger partial charge in [0, 0.05) is 11.6 Å². The van der Waals surface area contributed by atoms with Crippen molar-refractivity contribution in [3.63, 3.8) is 0 Å². The van der Waals surface area contributed by atoms with Crippen LogP contribution in [-0.4, -0.2) is 32.1 Å². The first-order valence-electron chi connectivity index (χ1n) is 8.15. The van der Waals surface area contributed by atoms with E-state index in [4.69, 9.17) is 14.2 Å². The molecule has 0 saturated heterocycles. The molecule has 0 spiro atoms. The van der Waals surface area contributed by atoms with Gasteiger partial charge in [-0.15, -0.1) is 0 Å². The van der Waals surface area contributed by atoms with E-state index < -0.39 is 23.7 Å². The number of hydrazine groups is 1. The molecule has 0 aromatic heterocycles. The average Bonchev–Trinajstić information content (AvgIpc) is 2.68. The van der Waals surface area contributed by atoms with Gasteiger partial charge in [-0.25, -0.2) is 4.39 Å². The van der Waals surface area contributed by atoms with Gasteiger partial charge in [-0.1, -0.05) is 18.2 Å². The van der Waals surface area contributed by atoms with Crippen molar-refractivity contribution < 1.29 is 28.2 Å². The number of carbonyl (C=O) groups is 2. The summed E-state index contributed by atoms with van der Waals surface area (Å²) in [5, 5.41) is 0. The topological polar surface area (TPSA) is 85.9 Å². The Bertz CT molecular complexity index is 812. The maximum atomic E-state index is 13.5. The molecule has 0 bridgehead atoms. The Morgan fingerprint density at radius 2 is 1.78 bits per heavy atom. The molecule has 0 aliphatic rings. The molecule has 2 amide bonds. The SMILES string of the molecule is COc1ccc(CC(=O)NNC(=O)[C@H](C)Oc2ccccc2F)c(OC)c1. The Morgan fingerprint density at radius 1 is 1.04 bits per heavy atom. The van der Waals surface area contributed by atoms with Crippen LogP contribution in [0.4, 0.5) is 4.39 Å². The van der Waals surface area contributed by atoms with E-state index in [9.17, 15) is 14.0 Å². The van der Waals surface area contributed by atoms with E-state index in [1.807, 2.05) is 0 Å². The zero-order valence-electron chi connectivity index (χ0n) is 15.2. The lowest BCUT2D eigenvalue weighted by Crippen LogP contribution is -2.47. The highest BCUT2D eigenvalue weighted by atomic mass is 19.1. The van der Waals surface area contributed by atoms with E-state index in [-0.39, 0.29) is 12.2 Å². The molecule has 8 heteroatoms. The molecule has 2 rings (SSSR count). The van der Waals surface area contributed by atoms with E-state index in [1.165, 1.54) is 39.3 Å². The Hall–Kier alpha value is -3.29. The van der Waals surface area contributed by atoms with Crippen LogP contribution in [-0.2, 0) is 16.0 Å². The number of ether oxygens (including phenoxy) is 3. The average molecular weight is 376 g/mol. The molecule has 2 N–H and O–H groups in total.